The highest BCUT2D eigenvalue weighted by molar-refractivity contribution is 6.30. The highest BCUT2D eigenvalue weighted by atomic mass is 35.5. The number of halogens is 1. The van der Waals surface area contributed by atoms with Crippen LogP contribution in [0.1, 0.15) is 71.2 Å². The molecule has 6 nitrogen and oxygen atoms in total. The van der Waals surface area contributed by atoms with Gasteiger partial charge in [-0.15, -0.1) is 0 Å². The largest absolute Gasteiger partial charge is 0.381 e. The number of carbonyl (C=O) groups is 1. The Balaban J connectivity index is 1.52. The average Bonchev–Trinajstić information content (AvgIpc) is 3.73. The zero-order chi connectivity index (χ0) is 24.6. The molecule has 1 saturated heterocycles. The minimum Gasteiger partial charge on any atom is -0.381 e. The maximum atomic E-state index is 13.3. The van der Waals surface area contributed by atoms with Crippen LogP contribution in [0.3, 0.4) is 0 Å². The molecule has 0 bridgehead atoms. The van der Waals surface area contributed by atoms with E-state index in [0.717, 1.165) is 50.0 Å². The van der Waals surface area contributed by atoms with Gasteiger partial charge in [-0.3, -0.25) is 4.79 Å². The molecule has 2 aromatic carbocycles. The molecule has 1 aliphatic heterocycles. The molecule has 2 aromatic rings. The van der Waals surface area contributed by atoms with Crippen LogP contribution in [-0.4, -0.2) is 51.9 Å². The van der Waals surface area contributed by atoms with Crippen LogP contribution in [-0.2, 0) is 9.47 Å². The van der Waals surface area contributed by atoms with Crippen molar-refractivity contribution < 1.29 is 14.3 Å². The molecular weight excluding hydrogens is 462 g/mol. The van der Waals surface area contributed by atoms with Crippen molar-refractivity contribution in [3.63, 3.8) is 0 Å². The summed E-state index contributed by atoms with van der Waals surface area (Å²) in [6.45, 7) is 3.09. The Morgan fingerprint density at radius 3 is 2.74 bits per heavy atom. The quantitative estimate of drug-likeness (QED) is 0.402. The number of ether oxygens (including phenoxy) is 2. The lowest BCUT2D eigenvalue weighted by Crippen LogP contribution is -2.41. The van der Waals surface area contributed by atoms with Crippen LogP contribution in [0.2, 0.25) is 5.02 Å². The van der Waals surface area contributed by atoms with E-state index in [2.05, 4.69) is 16.7 Å². The highest BCUT2D eigenvalue weighted by Gasteiger charge is 2.27. The van der Waals surface area contributed by atoms with Crippen molar-refractivity contribution in [1.82, 2.24) is 10.6 Å². The Morgan fingerprint density at radius 2 is 2.06 bits per heavy atom. The molecule has 4 N–H and O–H groups in total. The first-order valence-corrected chi connectivity index (χ1v) is 13.2. The van der Waals surface area contributed by atoms with Crippen LogP contribution >= 0.6 is 11.6 Å². The topological polar surface area (TPSA) is 85.6 Å². The number of nitrogens with one attached hydrogen (secondary N) is 2. The van der Waals surface area contributed by atoms with Crippen molar-refractivity contribution in [2.75, 3.05) is 40.0 Å². The Hall–Kier alpha value is -1.96. The standard InChI is InChI=1S/C28H38ClN3O3/c1-31-26(12-19-4-3-10-34-18-19)17-32-28(33)24-14-22(20-7-8-20)13-23(15-24)27(35-11-9-30)21-5-2-6-25(29)16-21/h2,5-6,13-16,19-20,26-27,31H,3-4,7-12,17-18,30H2,1H3,(H,32,33). The first-order chi connectivity index (χ1) is 17.1. The fraction of sp³-hybridized carbons (Fsp3) is 0.536. The zero-order valence-electron chi connectivity index (χ0n) is 20.6. The Morgan fingerprint density at radius 1 is 1.20 bits per heavy atom. The van der Waals surface area contributed by atoms with Gasteiger partial charge in [0.2, 0.25) is 0 Å². The number of rotatable bonds is 12. The van der Waals surface area contributed by atoms with Crippen molar-refractivity contribution in [3.05, 3.63) is 69.7 Å². The molecule has 4 rings (SSSR count). The molecule has 1 aliphatic carbocycles. The molecule has 7 heteroatoms. The Labute approximate surface area is 213 Å². The minimum atomic E-state index is -0.334. The number of hydrogen-bond acceptors (Lipinski definition) is 5. The van der Waals surface area contributed by atoms with Crippen molar-refractivity contribution in [2.24, 2.45) is 11.7 Å². The van der Waals surface area contributed by atoms with E-state index in [9.17, 15) is 4.79 Å². The van der Waals surface area contributed by atoms with E-state index in [1.807, 2.05) is 43.4 Å². The normalized spacial score (nSPS) is 19.8. The van der Waals surface area contributed by atoms with Gasteiger partial charge in [-0.2, -0.15) is 0 Å². The smallest absolute Gasteiger partial charge is 0.251 e. The molecule has 2 fully saturated rings. The molecule has 2 aliphatic rings. The van der Waals surface area contributed by atoms with Gasteiger partial charge in [0.05, 0.1) is 6.61 Å². The predicted octanol–water partition coefficient (Wildman–Crippen LogP) is 4.42. The van der Waals surface area contributed by atoms with E-state index in [0.29, 0.717) is 42.1 Å². The van der Waals surface area contributed by atoms with Gasteiger partial charge in [0, 0.05) is 42.9 Å². The third-order valence-corrected chi connectivity index (χ3v) is 7.17. The van der Waals surface area contributed by atoms with E-state index in [1.165, 1.54) is 12.0 Å². The van der Waals surface area contributed by atoms with Crippen LogP contribution in [0.5, 0.6) is 0 Å². The summed E-state index contributed by atoms with van der Waals surface area (Å²) in [5.41, 5.74) is 9.53. The zero-order valence-corrected chi connectivity index (χ0v) is 21.4. The van der Waals surface area contributed by atoms with Gasteiger partial charge in [0.15, 0.2) is 0 Å². The number of carbonyl (C=O) groups excluding carboxylic acids is 1. The summed E-state index contributed by atoms with van der Waals surface area (Å²) in [4.78, 5) is 13.3. The van der Waals surface area contributed by atoms with Crippen LogP contribution in [0.15, 0.2) is 42.5 Å². The summed E-state index contributed by atoms with van der Waals surface area (Å²) < 4.78 is 11.8. The third-order valence-electron chi connectivity index (χ3n) is 6.93. The molecule has 3 unspecified atom stereocenters. The summed E-state index contributed by atoms with van der Waals surface area (Å²) >= 11 is 6.28. The second kappa shape index (κ2) is 12.8. The van der Waals surface area contributed by atoms with Crippen LogP contribution in [0.25, 0.3) is 0 Å². The number of nitrogens with two attached hydrogens (primary N) is 1. The van der Waals surface area contributed by atoms with Gasteiger partial charge in [-0.05, 0) is 91.9 Å². The molecule has 1 heterocycles. The first-order valence-electron chi connectivity index (χ1n) is 12.8. The number of likely N-dealkylation sites (N-methyl/N-ethyl adjacent to an activating group) is 1. The second-order valence-corrected chi connectivity index (χ2v) is 10.2. The van der Waals surface area contributed by atoms with E-state index in [1.54, 1.807) is 0 Å². The van der Waals surface area contributed by atoms with Crippen molar-refractivity contribution >= 4 is 17.5 Å². The fourth-order valence-electron chi connectivity index (χ4n) is 4.87. The lowest BCUT2D eigenvalue weighted by atomic mass is 9.94. The van der Waals surface area contributed by atoms with Gasteiger partial charge in [0.25, 0.3) is 5.91 Å². The number of amides is 1. The SMILES string of the molecule is CNC(CNC(=O)c1cc(C2CC2)cc(C(OCCN)c2cccc(Cl)c2)c1)CC1CCCOC1. The summed E-state index contributed by atoms with van der Waals surface area (Å²) in [6, 6.07) is 14.1. The molecule has 190 valence electrons. The van der Waals surface area contributed by atoms with Crippen LogP contribution < -0.4 is 16.4 Å². The molecule has 1 saturated carbocycles. The van der Waals surface area contributed by atoms with E-state index in [-0.39, 0.29) is 18.1 Å². The van der Waals surface area contributed by atoms with Gasteiger partial charge < -0.3 is 25.8 Å². The Bertz CT molecular complexity index is 976. The molecule has 1 amide bonds. The molecule has 3 atom stereocenters. The molecule has 35 heavy (non-hydrogen) atoms. The molecular formula is C28H38ClN3O3. The fourth-order valence-corrected chi connectivity index (χ4v) is 5.07. The summed E-state index contributed by atoms with van der Waals surface area (Å²) in [5.74, 6) is 0.992. The van der Waals surface area contributed by atoms with Gasteiger partial charge in [-0.25, -0.2) is 0 Å². The lowest BCUT2D eigenvalue weighted by molar-refractivity contribution is 0.0478. The van der Waals surface area contributed by atoms with Crippen molar-refractivity contribution in [2.45, 2.75) is 50.2 Å². The molecule has 0 spiro atoms. The van der Waals surface area contributed by atoms with Gasteiger partial charge >= 0.3 is 0 Å². The maximum absolute atomic E-state index is 13.3. The highest BCUT2D eigenvalue weighted by Crippen LogP contribution is 2.42. The van der Waals surface area contributed by atoms with Crippen LogP contribution in [0.4, 0.5) is 0 Å². The van der Waals surface area contributed by atoms with Crippen molar-refractivity contribution in [1.29, 1.82) is 0 Å². The summed E-state index contributed by atoms with van der Waals surface area (Å²) in [6.07, 6.45) is 5.27. The summed E-state index contributed by atoms with van der Waals surface area (Å²) in [5, 5.41) is 7.18. The monoisotopic (exact) mass is 499 g/mol. The van der Waals surface area contributed by atoms with E-state index < -0.39 is 0 Å². The van der Waals surface area contributed by atoms with Crippen molar-refractivity contribution in [3.8, 4) is 0 Å². The van der Waals surface area contributed by atoms with Gasteiger partial charge in [0.1, 0.15) is 6.10 Å². The predicted molar refractivity (Wildman–Crippen MR) is 140 cm³/mol. The maximum Gasteiger partial charge on any atom is 0.251 e. The Kier molecular flexibility index (Phi) is 9.58. The van der Waals surface area contributed by atoms with E-state index in [4.69, 9.17) is 26.8 Å². The minimum absolute atomic E-state index is 0.0578. The average molecular weight is 500 g/mol. The van der Waals surface area contributed by atoms with Gasteiger partial charge in [-0.1, -0.05) is 29.8 Å². The van der Waals surface area contributed by atoms with E-state index >= 15 is 0 Å². The first kappa shape index (κ1) is 26.1. The third kappa shape index (κ3) is 7.51. The van der Waals surface area contributed by atoms with Crippen LogP contribution in [0, 0.1) is 5.92 Å². The summed E-state index contributed by atoms with van der Waals surface area (Å²) in [7, 11) is 1.96. The molecule has 0 radical (unpaired) electrons. The lowest BCUT2D eigenvalue weighted by Gasteiger charge is -2.26. The number of hydrogen-bond donors (Lipinski definition) is 3. The molecule has 0 aromatic heterocycles. The second-order valence-electron chi connectivity index (χ2n) is 9.77. The number of benzene rings is 2.